The van der Waals surface area contributed by atoms with Crippen LogP contribution in [0.3, 0.4) is 0 Å². The Balaban J connectivity index is 1.55. The number of aliphatic hydroxyl groups is 1. The van der Waals surface area contributed by atoms with Crippen LogP contribution in [0, 0.1) is 0 Å². The summed E-state index contributed by atoms with van der Waals surface area (Å²) in [5.41, 5.74) is 3.75. The van der Waals surface area contributed by atoms with Crippen molar-refractivity contribution in [2.24, 2.45) is 0 Å². The highest BCUT2D eigenvalue weighted by molar-refractivity contribution is 5.45. The molecule has 122 valence electrons. The van der Waals surface area contributed by atoms with Crippen molar-refractivity contribution >= 4 is 5.69 Å². The molecule has 2 unspecified atom stereocenters. The molecule has 1 saturated heterocycles. The van der Waals surface area contributed by atoms with Gasteiger partial charge in [0.2, 0.25) is 0 Å². The number of benzene rings is 2. The molecule has 23 heavy (non-hydrogen) atoms. The number of rotatable bonds is 6. The third kappa shape index (κ3) is 4.12. The van der Waals surface area contributed by atoms with Gasteiger partial charge in [0.05, 0.1) is 0 Å². The van der Waals surface area contributed by atoms with Gasteiger partial charge in [0.25, 0.3) is 0 Å². The van der Waals surface area contributed by atoms with Crippen molar-refractivity contribution in [3.05, 3.63) is 65.7 Å². The molecule has 3 heteroatoms. The lowest BCUT2D eigenvalue weighted by Crippen LogP contribution is -2.28. The number of aliphatic hydroxyl groups excluding tert-OH is 1. The molecule has 2 N–H and O–H groups in total. The lowest BCUT2D eigenvalue weighted by atomic mass is 10.1. The quantitative estimate of drug-likeness (QED) is 0.857. The van der Waals surface area contributed by atoms with Gasteiger partial charge < -0.3 is 10.4 Å². The van der Waals surface area contributed by atoms with E-state index in [0.29, 0.717) is 12.1 Å². The Hall–Kier alpha value is -1.84. The van der Waals surface area contributed by atoms with E-state index in [1.54, 1.807) is 0 Å². The molecule has 0 aliphatic carbocycles. The van der Waals surface area contributed by atoms with Gasteiger partial charge in [-0.05, 0) is 43.0 Å². The maximum atomic E-state index is 8.97. The Morgan fingerprint density at radius 3 is 2.57 bits per heavy atom. The fourth-order valence-corrected chi connectivity index (χ4v) is 3.33. The van der Waals surface area contributed by atoms with Crippen LogP contribution in [0.4, 0.5) is 5.69 Å². The molecule has 1 aliphatic rings. The zero-order valence-electron chi connectivity index (χ0n) is 13.8. The van der Waals surface area contributed by atoms with Gasteiger partial charge in [-0.3, -0.25) is 4.90 Å². The van der Waals surface area contributed by atoms with Crippen LogP contribution >= 0.6 is 0 Å². The van der Waals surface area contributed by atoms with Gasteiger partial charge in [0, 0.05) is 37.5 Å². The first kappa shape index (κ1) is 16.0. The highest BCUT2D eigenvalue weighted by atomic mass is 16.2. The van der Waals surface area contributed by atoms with E-state index in [-0.39, 0.29) is 6.61 Å². The van der Waals surface area contributed by atoms with Crippen LogP contribution in [0.2, 0.25) is 0 Å². The third-order valence-electron chi connectivity index (χ3n) is 4.77. The van der Waals surface area contributed by atoms with Crippen LogP contribution in [-0.4, -0.2) is 35.7 Å². The number of hydrogen-bond acceptors (Lipinski definition) is 3. The summed E-state index contributed by atoms with van der Waals surface area (Å²) in [6, 6.07) is 20.1. The molecule has 0 radical (unpaired) electrons. The van der Waals surface area contributed by atoms with Crippen molar-refractivity contribution in [3.63, 3.8) is 0 Å². The molecule has 2 atom stereocenters. The van der Waals surface area contributed by atoms with E-state index < -0.39 is 0 Å². The maximum absolute atomic E-state index is 8.97. The van der Waals surface area contributed by atoms with E-state index in [4.69, 9.17) is 5.11 Å². The molecule has 3 rings (SSSR count). The van der Waals surface area contributed by atoms with Crippen molar-refractivity contribution in [2.75, 3.05) is 25.0 Å². The van der Waals surface area contributed by atoms with Crippen molar-refractivity contribution in [3.8, 4) is 0 Å². The van der Waals surface area contributed by atoms with Gasteiger partial charge in [-0.1, -0.05) is 42.5 Å². The lowest BCUT2D eigenvalue weighted by molar-refractivity contribution is 0.261. The second kappa shape index (κ2) is 7.62. The summed E-state index contributed by atoms with van der Waals surface area (Å²) in [4.78, 5) is 2.55. The van der Waals surface area contributed by atoms with Crippen molar-refractivity contribution < 1.29 is 5.11 Å². The summed E-state index contributed by atoms with van der Waals surface area (Å²) >= 11 is 0. The number of nitrogens with one attached hydrogen (secondary N) is 1. The molecule has 2 aromatic carbocycles. The normalized spacial score (nSPS) is 19.7. The number of hydrogen-bond donors (Lipinski definition) is 2. The number of likely N-dealkylation sites (tertiary alicyclic amines) is 1. The summed E-state index contributed by atoms with van der Waals surface area (Å²) in [5, 5.41) is 12.6. The molecular weight excluding hydrogens is 284 g/mol. The smallest absolute Gasteiger partial charge is 0.0471 e. The van der Waals surface area contributed by atoms with Gasteiger partial charge >= 0.3 is 0 Å². The van der Waals surface area contributed by atoms with Gasteiger partial charge in [-0.15, -0.1) is 0 Å². The summed E-state index contributed by atoms with van der Waals surface area (Å²) in [7, 11) is 0. The van der Waals surface area contributed by atoms with E-state index in [2.05, 4.69) is 71.7 Å². The molecule has 1 heterocycles. The molecule has 2 aromatic rings. The second-order valence-electron chi connectivity index (χ2n) is 6.38. The largest absolute Gasteiger partial charge is 0.396 e. The Morgan fingerprint density at radius 1 is 1.13 bits per heavy atom. The first-order chi connectivity index (χ1) is 11.3. The molecule has 0 aromatic heterocycles. The molecule has 0 spiro atoms. The monoisotopic (exact) mass is 310 g/mol. The summed E-state index contributed by atoms with van der Waals surface area (Å²) in [6.45, 7) is 4.72. The Morgan fingerprint density at radius 2 is 1.87 bits per heavy atom. The molecular formula is C20H26N2O. The number of nitrogens with zero attached hydrogens (tertiary/aromatic N) is 1. The minimum absolute atomic E-state index is 0.210. The van der Waals surface area contributed by atoms with E-state index >= 15 is 0 Å². The van der Waals surface area contributed by atoms with E-state index in [1.807, 2.05) is 0 Å². The molecule has 0 saturated carbocycles. The molecule has 1 fully saturated rings. The minimum Gasteiger partial charge on any atom is -0.396 e. The molecule has 0 bridgehead atoms. The van der Waals surface area contributed by atoms with Crippen molar-refractivity contribution in [2.45, 2.75) is 31.8 Å². The lowest BCUT2D eigenvalue weighted by Gasteiger charge is -2.25. The Kier molecular flexibility index (Phi) is 5.31. The predicted octanol–water partition coefficient (Wildman–Crippen LogP) is 3.47. The SMILES string of the molecule is CC(c1ccccc1)N1CCC(Nc2ccc(CCO)cc2)C1. The van der Waals surface area contributed by atoms with Crippen molar-refractivity contribution in [1.82, 2.24) is 4.90 Å². The van der Waals surface area contributed by atoms with E-state index in [9.17, 15) is 0 Å². The van der Waals surface area contributed by atoms with Crippen LogP contribution in [0.1, 0.15) is 30.5 Å². The maximum Gasteiger partial charge on any atom is 0.0471 e. The summed E-state index contributed by atoms with van der Waals surface area (Å²) in [5.74, 6) is 0. The minimum atomic E-state index is 0.210. The van der Waals surface area contributed by atoms with Crippen LogP contribution < -0.4 is 5.32 Å². The van der Waals surface area contributed by atoms with E-state index in [0.717, 1.165) is 19.5 Å². The zero-order valence-corrected chi connectivity index (χ0v) is 13.8. The molecule has 0 amide bonds. The highest BCUT2D eigenvalue weighted by Gasteiger charge is 2.26. The average Bonchev–Trinajstić information content (AvgIpc) is 3.05. The summed E-state index contributed by atoms with van der Waals surface area (Å²) in [6.07, 6.45) is 1.90. The van der Waals surface area contributed by atoms with Gasteiger partial charge in [-0.25, -0.2) is 0 Å². The van der Waals surface area contributed by atoms with Crippen LogP contribution in [0.5, 0.6) is 0 Å². The first-order valence-electron chi connectivity index (χ1n) is 8.51. The first-order valence-corrected chi connectivity index (χ1v) is 8.51. The molecule has 1 aliphatic heterocycles. The topological polar surface area (TPSA) is 35.5 Å². The van der Waals surface area contributed by atoms with Gasteiger partial charge in [0.1, 0.15) is 0 Å². The molecule has 3 nitrogen and oxygen atoms in total. The van der Waals surface area contributed by atoms with Crippen molar-refractivity contribution in [1.29, 1.82) is 0 Å². The predicted molar refractivity (Wildman–Crippen MR) is 95.7 cm³/mol. The third-order valence-corrected chi connectivity index (χ3v) is 4.77. The van der Waals surface area contributed by atoms with Gasteiger partial charge in [0.15, 0.2) is 0 Å². The average molecular weight is 310 g/mol. The second-order valence-corrected chi connectivity index (χ2v) is 6.38. The zero-order chi connectivity index (χ0) is 16.1. The highest BCUT2D eigenvalue weighted by Crippen LogP contribution is 2.26. The Labute approximate surface area is 139 Å². The fraction of sp³-hybridized carbons (Fsp3) is 0.400. The Bertz CT molecular complexity index is 597. The fourth-order valence-electron chi connectivity index (χ4n) is 3.33. The standard InChI is InChI=1S/C20H26N2O/c1-16(18-5-3-2-4-6-18)22-13-11-20(15-22)21-19-9-7-17(8-10-19)12-14-23/h2-10,16,20-21,23H,11-15H2,1H3. The number of anilines is 1. The summed E-state index contributed by atoms with van der Waals surface area (Å²) < 4.78 is 0. The van der Waals surface area contributed by atoms with Crippen LogP contribution in [0.25, 0.3) is 0 Å². The van der Waals surface area contributed by atoms with Gasteiger partial charge in [-0.2, -0.15) is 0 Å². The van der Waals surface area contributed by atoms with Crippen LogP contribution in [0.15, 0.2) is 54.6 Å². The van der Waals surface area contributed by atoms with E-state index in [1.165, 1.54) is 23.2 Å². The van der Waals surface area contributed by atoms with Crippen LogP contribution in [-0.2, 0) is 6.42 Å².